The standard InChI is InChI=1S/C20H20N6O2/c1-14-19(18-9-6-12-28-18)15(2)25(23-14)11-10-21-20(27)17-13-22-26(24-17)16-7-4-3-5-8-16/h3-9,12-13H,10-11H2,1-2H3,(H,21,27). The lowest BCUT2D eigenvalue weighted by molar-refractivity contribution is 0.0946. The highest BCUT2D eigenvalue weighted by Crippen LogP contribution is 2.26. The van der Waals surface area contributed by atoms with Crippen molar-refractivity contribution in [2.24, 2.45) is 0 Å². The van der Waals surface area contributed by atoms with Gasteiger partial charge in [0, 0.05) is 12.2 Å². The van der Waals surface area contributed by atoms with Crippen molar-refractivity contribution in [1.82, 2.24) is 30.1 Å². The second-order valence-corrected chi connectivity index (χ2v) is 6.36. The van der Waals surface area contributed by atoms with E-state index in [-0.39, 0.29) is 11.6 Å². The number of hydrogen-bond donors (Lipinski definition) is 1. The summed E-state index contributed by atoms with van der Waals surface area (Å²) in [4.78, 5) is 13.8. The van der Waals surface area contributed by atoms with Crippen LogP contribution in [0.25, 0.3) is 17.0 Å². The lowest BCUT2D eigenvalue weighted by Gasteiger charge is -2.06. The second kappa shape index (κ2) is 7.51. The molecule has 28 heavy (non-hydrogen) atoms. The van der Waals surface area contributed by atoms with E-state index < -0.39 is 0 Å². The molecule has 0 saturated heterocycles. The second-order valence-electron chi connectivity index (χ2n) is 6.36. The first kappa shape index (κ1) is 17.7. The zero-order chi connectivity index (χ0) is 19.5. The first-order valence-corrected chi connectivity index (χ1v) is 8.97. The monoisotopic (exact) mass is 376 g/mol. The summed E-state index contributed by atoms with van der Waals surface area (Å²) in [6.45, 7) is 4.91. The van der Waals surface area contributed by atoms with Crippen LogP contribution in [-0.2, 0) is 6.54 Å². The third kappa shape index (κ3) is 3.44. The zero-order valence-corrected chi connectivity index (χ0v) is 15.7. The van der Waals surface area contributed by atoms with Crippen LogP contribution in [0.2, 0.25) is 0 Å². The van der Waals surface area contributed by atoms with Gasteiger partial charge in [0.1, 0.15) is 5.76 Å². The van der Waals surface area contributed by atoms with Gasteiger partial charge in [-0.3, -0.25) is 9.48 Å². The molecule has 0 saturated carbocycles. The maximum absolute atomic E-state index is 12.4. The maximum atomic E-state index is 12.4. The summed E-state index contributed by atoms with van der Waals surface area (Å²) >= 11 is 0. The molecular weight excluding hydrogens is 356 g/mol. The lowest BCUT2D eigenvalue weighted by atomic mass is 10.1. The van der Waals surface area contributed by atoms with Gasteiger partial charge in [-0.15, -0.1) is 5.10 Å². The van der Waals surface area contributed by atoms with Crippen LogP contribution in [0.1, 0.15) is 21.9 Å². The highest BCUT2D eigenvalue weighted by Gasteiger charge is 2.16. The zero-order valence-electron chi connectivity index (χ0n) is 15.7. The molecule has 0 bridgehead atoms. The largest absolute Gasteiger partial charge is 0.464 e. The van der Waals surface area contributed by atoms with Crippen LogP contribution >= 0.6 is 0 Å². The predicted molar refractivity (Wildman–Crippen MR) is 103 cm³/mol. The molecule has 4 aromatic rings. The van der Waals surface area contributed by atoms with E-state index in [1.807, 2.05) is 61.0 Å². The predicted octanol–water partition coefficient (Wildman–Crippen LogP) is 2.77. The van der Waals surface area contributed by atoms with Gasteiger partial charge < -0.3 is 9.73 Å². The number of rotatable bonds is 6. The average molecular weight is 376 g/mol. The summed E-state index contributed by atoms with van der Waals surface area (Å²) < 4.78 is 7.36. The number of amides is 1. The van der Waals surface area contributed by atoms with Crippen LogP contribution < -0.4 is 5.32 Å². The average Bonchev–Trinajstić information content (AvgIpc) is 3.44. The number of aromatic nitrogens is 5. The molecule has 4 rings (SSSR count). The minimum Gasteiger partial charge on any atom is -0.464 e. The Morgan fingerprint density at radius 3 is 2.68 bits per heavy atom. The van der Waals surface area contributed by atoms with Crippen molar-refractivity contribution in [3.8, 4) is 17.0 Å². The minimum atomic E-state index is -0.269. The Morgan fingerprint density at radius 2 is 1.93 bits per heavy atom. The van der Waals surface area contributed by atoms with Gasteiger partial charge in [-0.25, -0.2) is 0 Å². The van der Waals surface area contributed by atoms with E-state index in [1.54, 1.807) is 6.26 Å². The molecule has 8 heteroatoms. The number of furan rings is 1. The van der Waals surface area contributed by atoms with Crippen LogP contribution in [0.15, 0.2) is 59.3 Å². The number of para-hydroxylation sites is 1. The topological polar surface area (TPSA) is 90.8 Å². The lowest BCUT2D eigenvalue weighted by Crippen LogP contribution is -2.28. The van der Waals surface area contributed by atoms with Gasteiger partial charge in [-0.2, -0.15) is 15.0 Å². The van der Waals surface area contributed by atoms with E-state index >= 15 is 0 Å². The Hall–Kier alpha value is -3.68. The van der Waals surface area contributed by atoms with Crippen molar-refractivity contribution < 1.29 is 9.21 Å². The number of hydrogen-bond acceptors (Lipinski definition) is 5. The van der Waals surface area contributed by atoms with E-state index in [0.717, 1.165) is 28.4 Å². The summed E-state index contributed by atoms with van der Waals surface area (Å²) in [5, 5.41) is 15.8. The number of aryl methyl sites for hydroxylation is 1. The minimum absolute atomic E-state index is 0.269. The molecular formula is C20H20N6O2. The van der Waals surface area contributed by atoms with Gasteiger partial charge in [-0.05, 0) is 38.1 Å². The molecule has 8 nitrogen and oxygen atoms in total. The molecule has 1 N–H and O–H groups in total. The summed E-state index contributed by atoms with van der Waals surface area (Å²) in [7, 11) is 0. The molecule has 3 aromatic heterocycles. The third-order valence-electron chi connectivity index (χ3n) is 4.47. The first-order chi connectivity index (χ1) is 13.6. The Kier molecular flexibility index (Phi) is 4.76. The van der Waals surface area contributed by atoms with Crippen LogP contribution in [0.4, 0.5) is 0 Å². The SMILES string of the molecule is Cc1nn(CCNC(=O)c2cnn(-c3ccccc3)n2)c(C)c1-c1ccco1. The normalized spacial score (nSPS) is 10.9. The Labute approximate surface area is 161 Å². The van der Waals surface area contributed by atoms with Gasteiger partial charge in [0.25, 0.3) is 5.91 Å². The fraction of sp³-hybridized carbons (Fsp3) is 0.200. The van der Waals surface area contributed by atoms with E-state index in [9.17, 15) is 4.79 Å². The van der Waals surface area contributed by atoms with Crippen molar-refractivity contribution >= 4 is 5.91 Å². The third-order valence-corrected chi connectivity index (χ3v) is 4.47. The summed E-state index contributed by atoms with van der Waals surface area (Å²) in [6.07, 6.45) is 3.11. The molecule has 142 valence electrons. The van der Waals surface area contributed by atoms with Crippen LogP contribution in [0.3, 0.4) is 0 Å². The van der Waals surface area contributed by atoms with Gasteiger partial charge in [0.15, 0.2) is 5.69 Å². The fourth-order valence-corrected chi connectivity index (χ4v) is 3.11. The van der Waals surface area contributed by atoms with E-state index in [0.29, 0.717) is 13.1 Å². The Bertz CT molecular complexity index is 1080. The van der Waals surface area contributed by atoms with E-state index in [1.165, 1.54) is 11.0 Å². The number of carbonyl (C=O) groups excluding carboxylic acids is 1. The molecule has 0 atom stereocenters. The highest BCUT2D eigenvalue weighted by atomic mass is 16.3. The molecule has 0 fully saturated rings. The van der Waals surface area contributed by atoms with Crippen molar-refractivity contribution in [3.63, 3.8) is 0 Å². The fourth-order valence-electron chi connectivity index (χ4n) is 3.11. The quantitative estimate of drug-likeness (QED) is 0.559. The molecule has 0 radical (unpaired) electrons. The van der Waals surface area contributed by atoms with Crippen LogP contribution in [-0.4, -0.2) is 37.2 Å². The van der Waals surface area contributed by atoms with E-state index in [2.05, 4.69) is 20.6 Å². The van der Waals surface area contributed by atoms with Crippen LogP contribution in [0, 0.1) is 13.8 Å². The van der Waals surface area contributed by atoms with Gasteiger partial charge in [0.05, 0.1) is 35.9 Å². The van der Waals surface area contributed by atoms with Crippen molar-refractivity contribution in [2.75, 3.05) is 6.54 Å². The summed E-state index contributed by atoms with van der Waals surface area (Å²) in [5.74, 6) is 0.526. The van der Waals surface area contributed by atoms with Gasteiger partial charge in [0.2, 0.25) is 0 Å². The van der Waals surface area contributed by atoms with Crippen LogP contribution in [0.5, 0.6) is 0 Å². The number of nitrogens with one attached hydrogen (secondary N) is 1. The molecule has 0 aliphatic rings. The number of benzene rings is 1. The summed E-state index contributed by atoms with van der Waals surface area (Å²) in [5.41, 5.74) is 3.95. The van der Waals surface area contributed by atoms with Gasteiger partial charge >= 0.3 is 0 Å². The molecule has 0 aliphatic heterocycles. The Morgan fingerprint density at radius 1 is 1.11 bits per heavy atom. The molecule has 0 unspecified atom stereocenters. The molecule has 0 aliphatic carbocycles. The van der Waals surface area contributed by atoms with Crippen molar-refractivity contribution in [2.45, 2.75) is 20.4 Å². The smallest absolute Gasteiger partial charge is 0.273 e. The molecule has 1 aromatic carbocycles. The maximum Gasteiger partial charge on any atom is 0.273 e. The number of carbonyl (C=O) groups is 1. The molecule has 0 spiro atoms. The molecule has 1 amide bonds. The van der Waals surface area contributed by atoms with Crippen molar-refractivity contribution in [1.29, 1.82) is 0 Å². The number of nitrogens with zero attached hydrogens (tertiary/aromatic N) is 5. The van der Waals surface area contributed by atoms with Crippen molar-refractivity contribution in [3.05, 3.63) is 72.0 Å². The van der Waals surface area contributed by atoms with Gasteiger partial charge in [-0.1, -0.05) is 18.2 Å². The first-order valence-electron chi connectivity index (χ1n) is 8.97. The highest BCUT2D eigenvalue weighted by molar-refractivity contribution is 5.91. The Balaban J connectivity index is 1.39. The summed E-state index contributed by atoms with van der Waals surface area (Å²) in [6, 6.07) is 13.2. The molecule has 3 heterocycles. The van der Waals surface area contributed by atoms with E-state index in [4.69, 9.17) is 4.42 Å².